The number of hydrogen-bond donors (Lipinski definition) is 0. The average Bonchev–Trinajstić information content (AvgIpc) is 2.96. The van der Waals surface area contributed by atoms with Crippen molar-refractivity contribution in [2.45, 2.75) is 36.6 Å². The molecule has 2 heterocycles. The lowest BCUT2D eigenvalue weighted by Crippen LogP contribution is -2.62. The van der Waals surface area contributed by atoms with E-state index < -0.39 is 5.79 Å². The molecule has 0 saturated heterocycles. The topological polar surface area (TPSA) is 40.2 Å². The Labute approximate surface area is 143 Å². The van der Waals surface area contributed by atoms with Gasteiger partial charge in [-0.2, -0.15) is 0 Å². The van der Waals surface area contributed by atoms with Gasteiger partial charge >= 0.3 is 0 Å². The lowest BCUT2D eigenvalue weighted by Gasteiger charge is -2.52. The van der Waals surface area contributed by atoms with E-state index in [1.54, 1.807) is 21.3 Å². The van der Waals surface area contributed by atoms with Gasteiger partial charge < -0.3 is 23.8 Å². The molecule has 1 spiro atoms. The van der Waals surface area contributed by atoms with Crippen molar-refractivity contribution in [3.8, 4) is 11.5 Å². The first kappa shape index (κ1) is 15.8. The van der Waals surface area contributed by atoms with Crippen molar-refractivity contribution in [1.82, 2.24) is 4.90 Å². The van der Waals surface area contributed by atoms with E-state index in [9.17, 15) is 0 Å². The smallest absolute Gasteiger partial charge is 0.206 e. The van der Waals surface area contributed by atoms with Crippen LogP contribution in [0.15, 0.2) is 30.0 Å². The third kappa shape index (κ3) is 1.82. The second-order valence-electron chi connectivity index (χ2n) is 6.91. The summed E-state index contributed by atoms with van der Waals surface area (Å²) in [6.45, 7) is 0.976. The number of nitrogens with zero attached hydrogens (tertiary/aromatic N) is 1. The molecule has 1 aliphatic carbocycles. The molecule has 1 fully saturated rings. The fraction of sp³-hybridized carbons (Fsp3) is 0.579. The predicted octanol–water partition coefficient (Wildman–Crippen LogP) is 2.70. The van der Waals surface area contributed by atoms with E-state index in [2.05, 4.69) is 24.2 Å². The minimum absolute atomic E-state index is 0.208. The third-order valence-electron chi connectivity index (χ3n) is 6.00. The number of fused-ring (bicyclic) bond motifs is 1. The second kappa shape index (κ2) is 5.39. The maximum absolute atomic E-state index is 6.49. The Morgan fingerprint density at radius 1 is 1.17 bits per heavy atom. The van der Waals surface area contributed by atoms with Gasteiger partial charge in [-0.3, -0.25) is 0 Å². The van der Waals surface area contributed by atoms with Crippen molar-refractivity contribution in [3.05, 3.63) is 35.5 Å². The largest absolute Gasteiger partial charge is 0.493 e. The summed E-state index contributed by atoms with van der Waals surface area (Å²) in [5.41, 5.74) is 2.39. The predicted molar refractivity (Wildman–Crippen MR) is 90.4 cm³/mol. The van der Waals surface area contributed by atoms with Crippen molar-refractivity contribution in [1.29, 1.82) is 0 Å². The zero-order valence-electron chi connectivity index (χ0n) is 14.8. The van der Waals surface area contributed by atoms with Crippen LogP contribution < -0.4 is 9.47 Å². The van der Waals surface area contributed by atoms with Crippen LogP contribution in [0.4, 0.5) is 0 Å². The summed E-state index contributed by atoms with van der Waals surface area (Å²) in [6.07, 6.45) is 4.77. The molecule has 2 atom stereocenters. The number of rotatable bonds is 3. The fourth-order valence-electron chi connectivity index (χ4n) is 4.77. The highest BCUT2D eigenvalue weighted by atomic mass is 16.7. The molecule has 24 heavy (non-hydrogen) atoms. The van der Waals surface area contributed by atoms with E-state index in [1.165, 1.54) is 11.1 Å². The number of benzene rings is 1. The van der Waals surface area contributed by atoms with Gasteiger partial charge in [0, 0.05) is 39.8 Å². The van der Waals surface area contributed by atoms with E-state index in [0.29, 0.717) is 0 Å². The molecule has 1 aromatic rings. The van der Waals surface area contributed by atoms with Crippen LogP contribution in [0.3, 0.4) is 0 Å². The lowest BCUT2D eigenvalue weighted by atomic mass is 9.60. The quantitative estimate of drug-likeness (QED) is 0.797. The van der Waals surface area contributed by atoms with Crippen LogP contribution in [0.1, 0.15) is 24.8 Å². The highest BCUT2D eigenvalue weighted by molar-refractivity contribution is 5.59. The molecule has 0 amide bonds. The number of para-hydroxylation sites is 1. The number of methoxy groups -OCH3 is 3. The Morgan fingerprint density at radius 3 is 2.67 bits per heavy atom. The summed E-state index contributed by atoms with van der Waals surface area (Å²) in [6, 6.07) is 6.16. The van der Waals surface area contributed by atoms with E-state index in [4.69, 9.17) is 18.9 Å². The first-order valence-corrected chi connectivity index (χ1v) is 8.47. The molecule has 130 valence electrons. The SMILES string of the molecule is COc1cccc2c1O[C@H]1C(OC)(OC)CCC3=CN(C)CC[C@]321. The molecule has 0 aromatic heterocycles. The molecule has 3 aliphatic rings. The normalized spacial score (nSPS) is 29.9. The van der Waals surface area contributed by atoms with Crippen LogP contribution in [0.5, 0.6) is 11.5 Å². The molecule has 5 heteroatoms. The van der Waals surface area contributed by atoms with Crippen LogP contribution in [0.2, 0.25) is 0 Å². The van der Waals surface area contributed by atoms with Crippen LogP contribution in [0.25, 0.3) is 0 Å². The lowest BCUT2D eigenvalue weighted by molar-refractivity contribution is -0.271. The summed E-state index contributed by atoms with van der Waals surface area (Å²) in [5, 5.41) is 0. The molecule has 5 nitrogen and oxygen atoms in total. The molecule has 1 aromatic carbocycles. The van der Waals surface area contributed by atoms with E-state index in [-0.39, 0.29) is 11.5 Å². The van der Waals surface area contributed by atoms with Crippen LogP contribution in [0, 0.1) is 0 Å². The zero-order chi connectivity index (χ0) is 16.9. The Morgan fingerprint density at radius 2 is 1.96 bits per heavy atom. The standard InChI is InChI=1S/C19H25NO4/c1-20-11-10-18-13(12-20)8-9-19(22-3,23-4)17(18)24-16-14(18)6-5-7-15(16)21-2/h5-7,12,17H,8-11H2,1-4H3/t17-,18+/m1/s1. The molecular weight excluding hydrogens is 306 g/mol. The van der Waals surface area contributed by atoms with E-state index in [1.807, 2.05) is 12.1 Å². The van der Waals surface area contributed by atoms with Crippen molar-refractivity contribution < 1.29 is 18.9 Å². The molecule has 4 rings (SSSR count). The highest BCUT2D eigenvalue weighted by Crippen LogP contribution is 2.61. The van der Waals surface area contributed by atoms with Crippen LogP contribution in [-0.4, -0.2) is 51.7 Å². The van der Waals surface area contributed by atoms with Gasteiger partial charge in [-0.15, -0.1) is 0 Å². The summed E-state index contributed by atoms with van der Waals surface area (Å²) in [7, 11) is 7.24. The second-order valence-corrected chi connectivity index (χ2v) is 6.91. The number of hydrogen-bond acceptors (Lipinski definition) is 5. The first-order valence-electron chi connectivity index (χ1n) is 8.47. The van der Waals surface area contributed by atoms with Gasteiger partial charge in [0.15, 0.2) is 17.6 Å². The molecule has 0 unspecified atom stereocenters. The van der Waals surface area contributed by atoms with Crippen LogP contribution in [-0.2, 0) is 14.9 Å². The minimum Gasteiger partial charge on any atom is -0.493 e. The first-order chi connectivity index (χ1) is 11.6. The van der Waals surface area contributed by atoms with Crippen LogP contribution >= 0.6 is 0 Å². The zero-order valence-corrected chi connectivity index (χ0v) is 14.8. The molecule has 0 radical (unpaired) electrons. The average molecular weight is 331 g/mol. The summed E-state index contributed by atoms with van der Waals surface area (Å²) in [4.78, 5) is 2.27. The van der Waals surface area contributed by atoms with E-state index in [0.717, 1.165) is 37.3 Å². The number of ether oxygens (including phenoxy) is 4. The summed E-state index contributed by atoms with van der Waals surface area (Å²) >= 11 is 0. The van der Waals surface area contributed by atoms with Crippen molar-refractivity contribution in [2.75, 3.05) is 34.9 Å². The highest BCUT2D eigenvalue weighted by Gasteiger charge is 2.64. The summed E-state index contributed by atoms with van der Waals surface area (Å²) in [5.74, 6) is 0.869. The van der Waals surface area contributed by atoms with Gasteiger partial charge in [0.1, 0.15) is 0 Å². The van der Waals surface area contributed by atoms with Gasteiger partial charge in [0.25, 0.3) is 0 Å². The maximum atomic E-state index is 6.49. The fourth-order valence-corrected chi connectivity index (χ4v) is 4.77. The van der Waals surface area contributed by atoms with Gasteiger partial charge in [0.2, 0.25) is 5.79 Å². The van der Waals surface area contributed by atoms with Crippen molar-refractivity contribution in [2.24, 2.45) is 0 Å². The summed E-state index contributed by atoms with van der Waals surface area (Å²) < 4.78 is 23.8. The minimum atomic E-state index is -0.739. The molecule has 2 aliphatic heterocycles. The third-order valence-corrected chi connectivity index (χ3v) is 6.00. The van der Waals surface area contributed by atoms with Crippen molar-refractivity contribution in [3.63, 3.8) is 0 Å². The molecule has 0 N–H and O–H groups in total. The molecular formula is C19H25NO4. The van der Waals surface area contributed by atoms with E-state index >= 15 is 0 Å². The molecule has 0 bridgehead atoms. The van der Waals surface area contributed by atoms with Crippen molar-refractivity contribution >= 4 is 0 Å². The monoisotopic (exact) mass is 331 g/mol. The maximum Gasteiger partial charge on any atom is 0.206 e. The van der Waals surface area contributed by atoms with Gasteiger partial charge in [-0.25, -0.2) is 0 Å². The Bertz CT molecular complexity index is 682. The van der Waals surface area contributed by atoms with Gasteiger partial charge in [0.05, 0.1) is 12.5 Å². The van der Waals surface area contributed by atoms with Gasteiger partial charge in [-0.05, 0) is 30.7 Å². The van der Waals surface area contributed by atoms with Gasteiger partial charge in [-0.1, -0.05) is 12.1 Å². The Balaban J connectivity index is 1.95. The molecule has 1 saturated carbocycles. The Hall–Kier alpha value is -1.72. The Kier molecular flexibility index (Phi) is 3.55.